The Balaban J connectivity index is 0.000000371. The number of rotatable bonds is 0. The first kappa shape index (κ1) is 9.01. The van der Waals surface area contributed by atoms with E-state index in [1.807, 2.05) is 27.7 Å². The minimum absolute atomic E-state index is 0.896. The molecule has 0 saturated carbocycles. The molecule has 0 spiro atoms. The van der Waals surface area contributed by atoms with E-state index in [9.17, 15) is 0 Å². The van der Waals surface area contributed by atoms with E-state index in [4.69, 9.17) is 0 Å². The summed E-state index contributed by atoms with van der Waals surface area (Å²) in [5.74, 6) is 0. The molecule has 0 bridgehead atoms. The molecule has 0 fully saturated rings. The summed E-state index contributed by atoms with van der Waals surface area (Å²) in [5.41, 5.74) is 1.84. The molecule has 1 aromatic rings. The number of hydrogen-bond donors (Lipinski definition) is 0. The zero-order valence-electron chi connectivity index (χ0n) is 6.92. The molecule has 0 N–H and O–H groups in total. The van der Waals surface area contributed by atoms with E-state index < -0.39 is 0 Å². The topological polar surface area (TPSA) is 38.7 Å². The van der Waals surface area contributed by atoms with E-state index in [0.29, 0.717) is 0 Å². The molecule has 10 heavy (non-hydrogen) atoms. The largest absolute Gasteiger partial charge is 0.238 e. The van der Waals surface area contributed by atoms with Gasteiger partial charge in [0.05, 0.1) is 11.4 Å². The Hall–Kier alpha value is -0.990. The van der Waals surface area contributed by atoms with E-state index in [2.05, 4.69) is 15.2 Å². The first-order valence-electron chi connectivity index (χ1n) is 3.41. The molecule has 0 radical (unpaired) electrons. The molecule has 0 aromatic carbocycles. The van der Waals surface area contributed by atoms with Gasteiger partial charge in [-0.25, -0.2) is 4.98 Å². The minimum atomic E-state index is 0.896. The van der Waals surface area contributed by atoms with Crippen molar-refractivity contribution in [2.24, 2.45) is 0 Å². The molecule has 0 aliphatic heterocycles. The molecule has 0 aliphatic carbocycles. The van der Waals surface area contributed by atoms with Gasteiger partial charge < -0.3 is 0 Å². The number of aromatic nitrogens is 3. The summed E-state index contributed by atoms with van der Waals surface area (Å²) < 4.78 is 0. The van der Waals surface area contributed by atoms with Crippen molar-refractivity contribution in [2.45, 2.75) is 27.7 Å². The number of hydrogen-bond acceptors (Lipinski definition) is 3. The van der Waals surface area contributed by atoms with Crippen LogP contribution in [-0.2, 0) is 0 Å². The van der Waals surface area contributed by atoms with E-state index in [0.717, 1.165) is 11.4 Å². The number of nitrogens with zero attached hydrogens (tertiary/aromatic N) is 3. The second kappa shape index (κ2) is 4.85. The zero-order valence-corrected chi connectivity index (χ0v) is 6.92. The van der Waals surface area contributed by atoms with Crippen LogP contribution >= 0.6 is 0 Å². The second-order valence-corrected chi connectivity index (χ2v) is 1.63. The zero-order chi connectivity index (χ0) is 7.98. The van der Waals surface area contributed by atoms with Crippen LogP contribution in [0.5, 0.6) is 0 Å². The lowest BCUT2D eigenvalue weighted by atomic mass is 10.4. The number of aryl methyl sites for hydroxylation is 2. The summed E-state index contributed by atoms with van der Waals surface area (Å²) in [5, 5.41) is 7.35. The van der Waals surface area contributed by atoms with Crippen molar-refractivity contribution in [3.63, 3.8) is 0 Å². The highest BCUT2D eigenvalue weighted by Gasteiger charge is 1.88. The molecule has 3 nitrogen and oxygen atoms in total. The predicted molar refractivity (Wildman–Crippen MR) is 40.6 cm³/mol. The van der Waals surface area contributed by atoms with Gasteiger partial charge in [-0.3, -0.25) is 0 Å². The third kappa shape index (κ3) is 2.53. The Labute approximate surface area is 61.5 Å². The molecule has 1 heterocycles. The van der Waals surface area contributed by atoms with E-state index in [-0.39, 0.29) is 0 Å². The van der Waals surface area contributed by atoms with Gasteiger partial charge >= 0.3 is 0 Å². The van der Waals surface area contributed by atoms with Crippen LogP contribution in [0.25, 0.3) is 0 Å². The van der Waals surface area contributed by atoms with Crippen molar-refractivity contribution in [2.75, 3.05) is 0 Å². The molecule has 0 amide bonds. The third-order valence-corrected chi connectivity index (χ3v) is 1.03. The van der Waals surface area contributed by atoms with E-state index in [1.165, 1.54) is 6.33 Å². The van der Waals surface area contributed by atoms with Gasteiger partial charge in [-0.15, -0.1) is 5.10 Å². The highest BCUT2D eigenvalue weighted by molar-refractivity contribution is 5.01. The van der Waals surface area contributed by atoms with Crippen LogP contribution in [0.2, 0.25) is 0 Å². The SMILES string of the molecule is CC.Cc1ncnnc1C. The maximum Gasteiger partial charge on any atom is 0.138 e. The Bertz CT molecular complexity index is 165. The molecular formula is C7H13N3. The summed E-state index contributed by atoms with van der Waals surface area (Å²) in [6.07, 6.45) is 1.45. The monoisotopic (exact) mass is 139 g/mol. The van der Waals surface area contributed by atoms with Crippen molar-refractivity contribution in [1.29, 1.82) is 0 Å². The van der Waals surface area contributed by atoms with Gasteiger partial charge in [0, 0.05) is 0 Å². The fourth-order valence-corrected chi connectivity index (χ4v) is 0.391. The molecular weight excluding hydrogens is 126 g/mol. The highest BCUT2D eigenvalue weighted by Crippen LogP contribution is 1.91. The predicted octanol–water partition coefficient (Wildman–Crippen LogP) is 1.51. The first-order chi connectivity index (χ1) is 4.80. The molecule has 0 unspecified atom stereocenters. The van der Waals surface area contributed by atoms with Crippen molar-refractivity contribution in [1.82, 2.24) is 15.2 Å². The lowest BCUT2D eigenvalue weighted by Gasteiger charge is -1.89. The lowest BCUT2D eigenvalue weighted by molar-refractivity contribution is 0.895. The van der Waals surface area contributed by atoms with Crippen LogP contribution in [0.1, 0.15) is 25.2 Å². The van der Waals surface area contributed by atoms with E-state index in [1.54, 1.807) is 0 Å². The summed E-state index contributed by atoms with van der Waals surface area (Å²) in [6.45, 7) is 7.79. The second-order valence-electron chi connectivity index (χ2n) is 1.63. The van der Waals surface area contributed by atoms with Crippen molar-refractivity contribution < 1.29 is 0 Å². The summed E-state index contributed by atoms with van der Waals surface area (Å²) >= 11 is 0. The van der Waals surface area contributed by atoms with Crippen LogP contribution in [0.4, 0.5) is 0 Å². The summed E-state index contributed by atoms with van der Waals surface area (Å²) in [4.78, 5) is 3.91. The van der Waals surface area contributed by atoms with E-state index >= 15 is 0 Å². The van der Waals surface area contributed by atoms with Crippen molar-refractivity contribution >= 4 is 0 Å². The Morgan fingerprint density at radius 3 is 2.00 bits per heavy atom. The molecule has 1 aromatic heterocycles. The quantitative estimate of drug-likeness (QED) is 0.547. The smallest absolute Gasteiger partial charge is 0.138 e. The maximum atomic E-state index is 3.91. The first-order valence-corrected chi connectivity index (χ1v) is 3.41. The van der Waals surface area contributed by atoms with Crippen LogP contribution in [0, 0.1) is 13.8 Å². The van der Waals surface area contributed by atoms with Gasteiger partial charge in [-0.1, -0.05) is 13.8 Å². The molecule has 0 atom stereocenters. The van der Waals surface area contributed by atoms with Crippen molar-refractivity contribution in [3.8, 4) is 0 Å². The van der Waals surface area contributed by atoms with Gasteiger partial charge in [0.25, 0.3) is 0 Å². The fourth-order valence-electron chi connectivity index (χ4n) is 0.391. The summed E-state index contributed by atoms with van der Waals surface area (Å²) in [6, 6.07) is 0. The summed E-state index contributed by atoms with van der Waals surface area (Å²) in [7, 11) is 0. The average molecular weight is 139 g/mol. The minimum Gasteiger partial charge on any atom is -0.238 e. The van der Waals surface area contributed by atoms with Gasteiger partial charge in [0.2, 0.25) is 0 Å². The van der Waals surface area contributed by atoms with Crippen LogP contribution in [0.3, 0.4) is 0 Å². The van der Waals surface area contributed by atoms with Crippen LogP contribution in [0.15, 0.2) is 6.33 Å². The molecule has 56 valence electrons. The Morgan fingerprint density at radius 1 is 1.10 bits per heavy atom. The normalized spacial score (nSPS) is 8.00. The average Bonchev–Trinajstić information content (AvgIpc) is 2.00. The Kier molecular flexibility index (Phi) is 4.37. The molecule has 0 aliphatic rings. The maximum absolute atomic E-state index is 3.91. The fraction of sp³-hybridized carbons (Fsp3) is 0.571. The third-order valence-electron chi connectivity index (χ3n) is 1.03. The Morgan fingerprint density at radius 2 is 1.70 bits per heavy atom. The van der Waals surface area contributed by atoms with Gasteiger partial charge in [0.1, 0.15) is 6.33 Å². The van der Waals surface area contributed by atoms with Crippen LogP contribution in [-0.4, -0.2) is 15.2 Å². The van der Waals surface area contributed by atoms with Gasteiger partial charge in [-0.05, 0) is 13.8 Å². The molecule has 1 rings (SSSR count). The molecule has 0 saturated heterocycles. The van der Waals surface area contributed by atoms with Gasteiger partial charge in [0.15, 0.2) is 0 Å². The van der Waals surface area contributed by atoms with Crippen molar-refractivity contribution in [3.05, 3.63) is 17.7 Å². The van der Waals surface area contributed by atoms with Crippen LogP contribution < -0.4 is 0 Å². The standard InChI is InChI=1S/C5H7N3.C2H6/c1-4-5(2)8-7-3-6-4;1-2/h3H,1-2H3;1-2H3. The highest BCUT2D eigenvalue weighted by atomic mass is 15.1. The molecule has 3 heteroatoms. The lowest BCUT2D eigenvalue weighted by Crippen LogP contribution is -1.91. The van der Waals surface area contributed by atoms with Gasteiger partial charge in [-0.2, -0.15) is 5.10 Å².